The predicted octanol–water partition coefficient (Wildman–Crippen LogP) is 4.58. The molecule has 0 amide bonds. The van der Waals surface area contributed by atoms with Crippen molar-refractivity contribution in [1.82, 2.24) is 0 Å². The minimum Gasteiger partial charge on any atom is -0.393 e. The van der Waals surface area contributed by atoms with Gasteiger partial charge in [0.2, 0.25) is 0 Å². The number of aliphatic hydroxyl groups is 2. The minimum absolute atomic E-state index is 0.0812. The summed E-state index contributed by atoms with van der Waals surface area (Å²) in [4.78, 5) is 11.6. The molecule has 4 saturated carbocycles. The van der Waals surface area contributed by atoms with Gasteiger partial charge in [0.15, 0.2) is 5.78 Å². The van der Waals surface area contributed by atoms with Crippen LogP contribution in [0.4, 0.5) is 0 Å². The van der Waals surface area contributed by atoms with Gasteiger partial charge in [-0.2, -0.15) is 0 Å². The predicted molar refractivity (Wildman–Crippen MR) is 110 cm³/mol. The number of hydrogen-bond acceptors (Lipinski definition) is 3. The number of fused-ring (bicyclic) bond motifs is 5. The fraction of sp³-hybridized carbons (Fsp3) is 0.800. The van der Waals surface area contributed by atoms with Crippen LogP contribution < -0.4 is 0 Å². The molecule has 0 radical (unpaired) electrons. The van der Waals surface area contributed by atoms with Crippen molar-refractivity contribution < 1.29 is 15.0 Å². The lowest BCUT2D eigenvalue weighted by molar-refractivity contribution is -0.207. The van der Waals surface area contributed by atoms with Crippen LogP contribution in [0.1, 0.15) is 78.1 Å². The lowest BCUT2D eigenvalue weighted by Crippen LogP contribution is -2.62. The number of ketones is 1. The molecule has 5 aliphatic rings. The molecule has 0 aromatic heterocycles. The summed E-state index contributed by atoms with van der Waals surface area (Å²) >= 11 is 0. The van der Waals surface area contributed by atoms with E-state index in [1.54, 1.807) is 6.08 Å². The molecule has 7 unspecified atom stereocenters. The molecule has 5 rings (SSSR count). The van der Waals surface area contributed by atoms with Crippen LogP contribution in [-0.2, 0) is 4.79 Å². The van der Waals surface area contributed by atoms with E-state index < -0.39 is 5.60 Å². The first-order chi connectivity index (χ1) is 13.3. The summed E-state index contributed by atoms with van der Waals surface area (Å²) in [5.41, 5.74) is 0.911. The Balaban J connectivity index is 1.46. The number of aliphatic hydroxyl groups excluding tert-OH is 1. The number of hydrogen-bond donors (Lipinski definition) is 2. The second kappa shape index (κ2) is 6.28. The van der Waals surface area contributed by atoms with Crippen molar-refractivity contribution in [2.45, 2.75) is 89.8 Å². The number of carbonyl (C=O) groups excluding carboxylic acids is 1. The molecule has 0 aromatic rings. The van der Waals surface area contributed by atoms with Crippen molar-refractivity contribution in [3.63, 3.8) is 0 Å². The molecule has 0 aromatic carbocycles. The lowest BCUT2D eigenvalue weighted by atomic mass is 9.43. The fourth-order valence-corrected chi connectivity index (χ4v) is 8.54. The molecular formula is C25H36O3. The molecule has 5 aliphatic carbocycles. The largest absolute Gasteiger partial charge is 0.393 e. The van der Waals surface area contributed by atoms with Gasteiger partial charge in [-0.05, 0) is 98.5 Å². The maximum Gasteiger partial charge on any atom is 0.159 e. The lowest BCUT2D eigenvalue weighted by Gasteiger charge is -2.63. The maximum absolute atomic E-state index is 12.2. The molecule has 0 aliphatic heterocycles. The summed E-state index contributed by atoms with van der Waals surface area (Å²) in [6.07, 6.45) is 15.8. The Morgan fingerprint density at radius 1 is 0.964 bits per heavy atom. The summed E-state index contributed by atoms with van der Waals surface area (Å²) < 4.78 is 0. The second-order valence-electron chi connectivity index (χ2n) is 11.1. The monoisotopic (exact) mass is 384 g/mol. The van der Waals surface area contributed by atoms with Crippen LogP contribution in [0.15, 0.2) is 23.8 Å². The van der Waals surface area contributed by atoms with Crippen molar-refractivity contribution in [1.29, 1.82) is 0 Å². The van der Waals surface area contributed by atoms with Gasteiger partial charge >= 0.3 is 0 Å². The Bertz CT molecular complexity index is 738. The summed E-state index contributed by atoms with van der Waals surface area (Å²) in [6, 6.07) is 0. The highest BCUT2D eigenvalue weighted by Gasteiger charge is 2.67. The van der Waals surface area contributed by atoms with Crippen LogP contribution >= 0.6 is 0 Å². The molecule has 3 nitrogen and oxygen atoms in total. The zero-order valence-corrected chi connectivity index (χ0v) is 17.5. The molecule has 0 heterocycles. The van der Waals surface area contributed by atoms with Gasteiger partial charge in [0.25, 0.3) is 0 Å². The molecule has 28 heavy (non-hydrogen) atoms. The average Bonchev–Trinajstić information content (AvgIpc) is 2.95. The van der Waals surface area contributed by atoms with Crippen LogP contribution in [0, 0.1) is 34.5 Å². The van der Waals surface area contributed by atoms with E-state index >= 15 is 0 Å². The van der Waals surface area contributed by atoms with Crippen LogP contribution in [0.2, 0.25) is 0 Å². The van der Waals surface area contributed by atoms with E-state index in [4.69, 9.17) is 0 Å². The highest BCUT2D eigenvalue weighted by Crippen LogP contribution is 2.69. The summed E-state index contributed by atoms with van der Waals surface area (Å²) in [5.74, 6) is 2.17. The minimum atomic E-state index is -0.583. The Kier molecular flexibility index (Phi) is 4.28. The zero-order chi connectivity index (χ0) is 19.7. The Morgan fingerprint density at radius 2 is 1.79 bits per heavy atom. The van der Waals surface area contributed by atoms with Crippen molar-refractivity contribution in [2.24, 2.45) is 34.5 Å². The van der Waals surface area contributed by atoms with Gasteiger partial charge in [0.05, 0.1) is 11.7 Å². The first-order valence-corrected chi connectivity index (χ1v) is 11.6. The second-order valence-corrected chi connectivity index (χ2v) is 11.1. The summed E-state index contributed by atoms with van der Waals surface area (Å²) in [5, 5.41) is 22.4. The number of allylic oxidation sites excluding steroid dienone is 4. The van der Waals surface area contributed by atoms with E-state index in [1.807, 2.05) is 6.08 Å². The molecule has 154 valence electrons. The Morgan fingerprint density at radius 3 is 2.54 bits per heavy atom. The van der Waals surface area contributed by atoms with Crippen molar-refractivity contribution >= 4 is 5.78 Å². The molecule has 0 spiro atoms. The third-order valence-corrected chi connectivity index (χ3v) is 10.2. The van der Waals surface area contributed by atoms with Gasteiger partial charge in [0, 0.05) is 11.8 Å². The Labute approximate surface area is 169 Å². The van der Waals surface area contributed by atoms with Crippen LogP contribution in [0.3, 0.4) is 0 Å². The molecule has 8 atom stereocenters. The standard InChI is InChI=1S/C25H36O3/c1-23-12-9-19(27)15-17(23)5-8-22-21(23)10-13-24(2)20(11-14-25(22,24)28)16-3-6-18(26)7-4-16/h3-4,6,17,19-22,27-28H,5,7-15H2,1-2H3/t17?,19?,20?,21-,22?,23?,24?,25?/m0/s1. The topological polar surface area (TPSA) is 57.5 Å². The van der Waals surface area contributed by atoms with E-state index in [1.165, 1.54) is 12.0 Å². The molecule has 2 N–H and O–H groups in total. The highest BCUT2D eigenvalue weighted by molar-refractivity contribution is 5.92. The molecular weight excluding hydrogens is 348 g/mol. The van der Waals surface area contributed by atoms with E-state index in [0.29, 0.717) is 30.1 Å². The zero-order valence-electron chi connectivity index (χ0n) is 17.5. The summed E-state index contributed by atoms with van der Waals surface area (Å²) in [6.45, 7) is 4.81. The quantitative estimate of drug-likeness (QED) is 0.696. The van der Waals surface area contributed by atoms with Crippen molar-refractivity contribution in [3.05, 3.63) is 23.8 Å². The van der Waals surface area contributed by atoms with Crippen molar-refractivity contribution in [2.75, 3.05) is 0 Å². The average molecular weight is 385 g/mol. The van der Waals surface area contributed by atoms with Gasteiger partial charge in [-0.15, -0.1) is 0 Å². The summed E-state index contributed by atoms with van der Waals surface area (Å²) in [7, 11) is 0. The van der Waals surface area contributed by atoms with E-state index in [-0.39, 0.29) is 22.7 Å². The van der Waals surface area contributed by atoms with Gasteiger partial charge in [-0.25, -0.2) is 0 Å². The molecule has 3 heteroatoms. The van der Waals surface area contributed by atoms with Crippen LogP contribution in [0.5, 0.6) is 0 Å². The highest BCUT2D eigenvalue weighted by atomic mass is 16.3. The fourth-order valence-electron chi connectivity index (χ4n) is 8.54. The van der Waals surface area contributed by atoms with E-state index in [9.17, 15) is 15.0 Å². The molecule has 4 fully saturated rings. The van der Waals surface area contributed by atoms with Crippen LogP contribution in [0.25, 0.3) is 0 Å². The third-order valence-electron chi connectivity index (χ3n) is 10.2. The smallest absolute Gasteiger partial charge is 0.159 e. The Hall–Kier alpha value is -0.930. The molecule has 0 saturated heterocycles. The number of carbonyl (C=O) groups is 1. The van der Waals surface area contributed by atoms with Gasteiger partial charge < -0.3 is 10.2 Å². The first kappa shape index (κ1) is 19.1. The first-order valence-electron chi connectivity index (χ1n) is 11.6. The van der Waals surface area contributed by atoms with Crippen LogP contribution in [-0.4, -0.2) is 27.7 Å². The number of rotatable bonds is 1. The van der Waals surface area contributed by atoms with E-state index in [0.717, 1.165) is 51.4 Å². The molecule has 0 bridgehead atoms. The van der Waals surface area contributed by atoms with Crippen molar-refractivity contribution in [3.8, 4) is 0 Å². The van der Waals surface area contributed by atoms with Gasteiger partial charge in [0.1, 0.15) is 0 Å². The maximum atomic E-state index is 12.2. The normalized spacial score (nSPS) is 53.2. The van der Waals surface area contributed by atoms with Gasteiger partial charge in [-0.1, -0.05) is 26.0 Å². The SMILES string of the molecule is CC12CCC(O)CC1CCC1[C@@H]2CCC2(C)C(C3=CCC(=O)C=C3)CCC12O. The van der Waals surface area contributed by atoms with E-state index in [2.05, 4.69) is 19.9 Å². The third kappa shape index (κ3) is 2.45. The van der Waals surface area contributed by atoms with Gasteiger partial charge in [-0.3, -0.25) is 4.79 Å².